The lowest BCUT2D eigenvalue weighted by molar-refractivity contribution is -0.0574. The van der Waals surface area contributed by atoms with Gasteiger partial charge in [-0.25, -0.2) is 0 Å². The van der Waals surface area contributed by atoms with Crippen molar-refractivity contribution in [3.05, 3.63) is 65.7 Å². The zero-order chi connectivity index (χ0) is 19.4. The summed E-state index contributed by atoms with van der Waals surface area (Å²) in [5, 5.41) is 0. The van der Waals surface area contributed by atoms with Crippen LogP contribution < -0.4 is 4.90 Å². The minimum absolute atomic E-state index is 0.103. The molecule has 0 saturated carbocycles. The summed E-state index contributed by atoms with van der Waals surface area (Å²) in [4.78, 5) is 17.2. The van der Waals surface area contributed by atoms with Gasteiger partial charge in [-0.2, -0.15) is 0 Å². The standard InChI is InChI=1S/C23H28N2O3/c1-27-23(20-5-3-2-4-6-20)11-13-25(14-12-23)22(26)19-7-9-21(10-8-19)24-15-17-28-18-16-24/h2-10H,11-18H2,1H3. The number of amides is 1. The summed E-state index contributed by atoms with van der Waals surface area (Å²) in [6, 6.07) is 18.3. The molecule has 2 fully saturated rings. The van der Waals surface area contributed by atoms with E-state index < -0.39 is 0 Å². The van der Waals surface area contributed by atoms with Gasteiger partial charge in [-0.05, 0) is 42.7 Å². The third-order valence-electron chi connectivity index (χ3n) is 6.04. The van der Waals surface area contributed by atoms with E-state index in [9.17, 15) is 4.79 Å². The predicted molar refractivity (Wildman–Crippen MR) is 110 cm³/mol. The van der Waals surface area contributed by atoms with Crippen LogP contribution in [0.2, 0.25) is 0 Å². The first-order chi connectivity index (χ1) is 13.7. The number of carbonyl (C=O) groups excluding carboxylic acids is 1. The van der Waals surface area contributed by atoms with E-state index in [1.807, 2.05) is 47.4 Å². The van der Waals surface area contributed by atoms with Crippen LogP contribution in [-0.4, -0.2) is 57.3 Å². The molecule has 0 spiro atoms. The smallest absolute Gasteiger partial charge is 0.253 e. The van der Waals surface area contributed by atoms with Crippen molar-refractivity contribution in [2.45, 2.75) is 18.4 Å². The molecule has 2 aromatic rings. The van der Waals surface area contributed by atoms with Crippen molar-refractivity contribution in [1.82, 2.24) is 4.90 Å². The number of rotatable bonds is 4. The van der Waals surface area contributed by atoms with Gasteiger partial charge in [-0.15, -0.1) is 0 Å². The first-order valence-electron chi connectivity index (χ1n) is 10.0. The monoisotopic (exact) mass is 380 g/mol. The highest BCUT2D eigenvalue weighted by atomic mass is 16.5. The van der Waals surface area contributed by atoms with Crippen molar-refractivity contribution in [2.75, 3.05) is 51.4 Å². The number of morpholine rings is 1. The van der Waals surface area contributed by atoms with Gasteiger partial charge in [-0.3, -0.25) is 4.79 Å². The number of likely N-dealkylation sites (tertiary alicyclic amines) is 1. The molecule has 2 aromatic carbocycles. The summed E-state index contributed by atoms with van der Waals surface area (Å²) in [6.07, 6.45) is 1.62. The van der Waals surface area contributed by atoms with Gasteiger partial charge in [0.1, 0.15) is 0 Å². The fourth-order valence-electron chi connectivity index (χ4n) is 4.24. The Hall–Kier alpha value is -2.37. The van der Waals surface area contributed by atoms with E-state index in [4.69, 9.17) is 9.47 Å². The first-order valence-corrected chi connectivity index (χ1v) is 10.0. The highest BCUT2D eigenvalue weighted by Gasteiger charge is 2.37. The average Bonchev–Trinajstić information content (AvgIpc) is 2.80. The lowest BCUT2D eigenvalue weighted by Gasteiger charge is -2.41. The van der Waals surface area contributed by atoms with E-state index in [1.165, 1.54) is 5.56 Å². The molecule has 5 nitrogen and oxygen atoms in total. The van der Waals surface area contributed by atoms with E-state index in [2.05, 4.69) is 17.0 Å². The van der Waals surface area contributed by atoms with Crippen LogP contribution in [-0.2, 0) is 15.1 Å². The second-order valence-electron chi connectivity index (χ2n) is 7.50. The zero-order valence-corrected chi connectivity index (χ0v) is 16.5. The van der Waals surface area contributed by atoms with E-state index in [0.717, 1.165) is 50.4 Å². The van der Waals surface area contributed by atoms with Crippen LogP contribution in [0.3, 0.4) is 0 Å². The summed E-state index contributed by atoms with van der Waals surface area (Å²) in [7, 11) is 1.77. The summed E-state index contributed by atoms with van der Waals surface area (Å²) >= 11 is 0. The number of hydrogen-bond donors (Lipinski definition) is 0. The molecule has 2 heterocycles. The van der Waals surface area contributed by atoms with Crippen molar-refractivity contribution in [3.8, 4) is 0 Å². The van der Waals surface area contributed by atoms with Gasteiger partial charge in [0.05, 0.1) is 18.8 Å². The van der Waals surface area contributed by atoms with E-state index in [1.54, 1.807) is 7.11 Å². The highest BCUT2D eigenvalue weighted by molar-refractivity contribution is 5.94. The predicted octanol–water partition coefficient (Wildman–Crippen LogP) is 3.30. The van der Waals surface area contributed by atoms with Crippen LogP contribution >= 0.6 is 0 Å². The topological polar surface area (TPSA) is 42.0 Å². The number of nitrogens with zero attached hydrogens (tertiary/aromatic N) is 2. The molecular weight excluding hydrogens is 352 g/mol. The second-order valence-corrected chi connectivity index (χ2v) is 7.50. The molecule has 0 aliphatic carbocycles. The molecule has 28 heavy (non-hydrogen) atoms. The maximum absolute atomic E-state index is 13.0. The maximum Gasteiger partial charge on any atom is 0.253 e. The number of carbonyl (C=O) groups is 1. The van der Waals surface area contributed by atoms with Gasteiger partial charge < -0.3 is 19.3 Å². The SMILES string of the molecule is COC1(c2ccccc2)CCN(C(=O)c2ccc(N3CCOCC3)cc2)CC1. The van der Waals surface area contributed by atoms with Gasteiger partial charge in [-0.1, -0.05) is 30.3 Å². The quantitative estimate of drug-likeness (QED) is 0.816. The van der Waals surface area contributed by atoms with Crippen LogP contribution in [0, 0.1) is 0 Å². The van der Waals surface area contributed by atoms with Gasteiger partial charge in [0.15, 0.2) is 0 Å². The number of hydrogen-bond acceptors (Lipinski definition) is 4. The Morgan fingerprint density at radius 1 is 0.929 bits per heavy atom. The molecule has 0 atom stereocenters. The van der Waals surface area contributed by atoms with Crippen molar-refractivity contribution in [3.63, 3.8) is 0 Å². The fourth-order valence-corrected chi connectivity index (χ4v) is 4.24. The van der Waals surface area contributed by atoms with Crippen molar-refractivity contribution >= 4 is 11.6 Å². The Kier molecular flexibility index (Phi) is 5.64. The molecule has 0 N–H and O–H groups in total. The third kappa shape index (κ3) is 3.77. The van der Waals surface area contributed by atoms with Gasteiger partial charge in [0, 0.05) is 44.5 Å². The van der Waals surface area contributed by atoms with Gasteiger partial charge in [0.25, 0.3) is 5.91 Å². The first kappa shape index (κ1) is 19.0. The molecule has 0 bridgehead atoms. The van der Waals surface area contributed by atoms with E-state index in [0.29, 0.717) is 13.1 Å². The minimum atomic E-state index is -0.293. The number of benzene rings is 2. The van der Waals surface area contributed by atoms with Crippen LogP contribution in [0.1, 0.15) is 28.8 Å². The Balaban J connectivity index is 1.41. The summed E-state index contributed by atoms with van der Waals surface area (Å²) < 4.78 is 11.3. The van der Waals surface area contributed by atoms with Crippen molar-refractivity contribution in [2.24, 2.45) is 0 Å². The molecule has 0 aromatic heterocycles. The molecule has 148 valence electrons. The number of methoxy groups -OCH3 is 1. The Labute approximate surface area is 166 Å². The van der Waals surface area contributed by atoms with Crippen LogP contribution in [0.5, 0.6) is 0 Å². The maximum atomic E-state index is 13.0. The molecule has 2 saturated heterocycles. The molecule has 5 heteroatoms. The number of anilines is 1. The van der Waals surface area contributed by atoms with Crippen LogP contribution in [0.4, 0.5) is 5.69 Å². The Morgan fingerprint density at radius 3 is 2.18 bits per heavy atom. The average molecular weight is 380 g/mol. The number of piperidine rings is 1. The molecule has 0 unspecified atom stereocenters. The molecule has 2 aliphatic rings. The molecule has 1 amide bonds. The molecular formula is C23H28N2O3. The molecule has 0 radical (unpaired) electrons. The molecule has 4 rings (SSSR count). The van der Waals surface area contributed by atoms with E-state index >= 15 is 0 Å². The van der Waals surface area contributed by atoms with Crippen LogP contribution in [0.15, 0.2) is 54.6 Å². The van der Waals surface area contributed by atoms with E-state index in [-0.39, 0.29) is 11.5 Å². The summed E-state index contributed by atoms with van der Waals surface area (Å²) in [6.45, 7) is 4.73. The fraction of sp³-hybridized carbons (Fsp3) is 0.435. The number of ether oxygens (including phenoxy) is 2. The normalized spacial score (nSPS) is 19.5. The lowest BCUT2D eigenvalue weighted by Crippen LogP contribution is -2.46. The van der Waals surface area contributed by atoms with Crippen LogP contribution in [0.25, 0.3) is 0 Å². The van der Waals surface area contributed by atoms with Crippen molar-refractivity contribution < 1.29 is 14.3 Å². The Morgan fingerprint density at radius 2 is 1.57 bits per heavy atom. The third-order valence-corrected chi connectivity index (χ3v) is 6.04. The van der Waals surface area contributed by atoms with Gasteiger partial charge in [0.2, 0.25) is 0 Å². The summed E-state index contributed by atoms with van der Waals surface area (Å²) in [5.41, 5.74) is 2.81. The zero-order valence-electron chi connectivity index (χ0n) is 16.5. The minimum Gasteiger partial charge on any atom is -0.378 e. The second kappa shape index (κ2) is 8.33. The van der Waals surface area contributed by atoms with Crippen molar-refractivity contribution in [1.29, 1.82) is 0 Å². The Bertz CT molecular complexity index is 777. The molecule has 2 aliphatic heterocycles. The largest absolute Gasteiger partial charge is 0.378 e. The van der Waals surface area contributed by atoms with Gasteiger partial charge >= 0.3 is 0 Å². The summed E-state index contributed by atoms with van der Waals surface area (Å²) in [5.74, 6) is 0.103. The lowest BCUT2D eigenvalue weighted by atomic mass is 9.84. The highest BCUT2D eigenvalue weighted by Crippen LogP contribution is 2.36.